The molecule has 0 bridgehead atoms. The van der Waals surface area contributed by atoms with Gasteiger partial charge in [-0.05, 0) is 15.9 Å². The third-order valence-corrected chi connectivity index (χ3v) is 2.60. The first-order valence-corrected chi connectivity index (χ1v) is 4.40. The van der Waals surface area contributed by atoms with E-state index >= 15 is 0 Å². The summed E-state index contributed by atoms with van der Waals surface area (Å²) in [6.45, 7) is 0. The number of aromatic carboxylic acids is 1. The lowest BCUT2D eigenvalue weighted by Crippen LogP contribution is -2.19. The van der Waals surface area contributed by atoms with Crippen molar-refractivity contribution in [1.82, 2.24) is 4.57 Å². The van der Waals surface area contributed by atoms with Gasteiger partial charge in [-0.1, -0.05) is 11.6 Å². The fraction of sp³-hybridized carbons (Fsp3) is 0.143. The normalized spacial score (nSPS) is 10.1. The van der Waals surface area contributed by atoms with E-state index in [0.717, 1.165) is 10.6 Å². The van der Waals surface area contributed by atoms with Crippen LogP contribution >= 0.6 is 27.5 Å². The van der Waals surface area contributed by atoms with Gasteiger partial charge < -0.3 is 9.67 Å². The first-order chi connectivity index (χ1) is 5.95. The van der Waals surface area contributed by atoms with Crippen LogP contribution in [0.1, 0.15) is 10.4 Å². The van der Waals surface area contributed by atoms with Crippen LogP contribution in [-0.2, 0) is 7.05 Å². The molecule has 1 N–H and O–H groups in total. The SMILES string of the molecule is Cn1c(Cl)c(C(=O)O)c(Br)cc1=O. The maximum atomic E-state index is 11.1. The molecular weight excluding hydrogens is 261 g/mol. The number of pyridine rings is 1. The Labute approximate surface area is 86.9 Å². The summed E-state index contributed by atoms with van der Waals surface area (Å²) < 4.78 is 1.25. The Balaban J connectivity index is 3.63. The quantitative estimate of drug-likeness (QED) is 0.784. The average Bonchev–Trinajstić information content (AvgIpc) is 1.99. The van der Waals surface area contributed by atoms with Gasteiger partial charge in [-0.15, -0.1) is 0 Å². The van der Waals surface area contributed by atoms with Crippen molar-refractivity contribution in [2.45, 2.75) is 0 Å². The van der Waals surface area contributed by atoms with Crippen molar-refractivity contribution >= 4 is 33.5 Å². The summed E-state index contributed by atoms with van der Waals surface area (Å²) in [5.41, 5.74) is -0.467. The summed E-state index contributed by atoms with van der Waals surface area (Å²) in [5.74, 6) is -1.17. The van der Waals surface area contributed by atoms with Gasteiger partial charge in [0.15, 0.2) is 0 Å². The summed E-state index contributed by atoms with van der Waals surface area (Å²) in [4.78, 5) is 21.8. The molecule has 1 rings (SSSR count). The number of carbonyl (C=O) groups is 1. The molecule has 0 saturated carbocycles. The van der Waals surface area contributed by atoms with Gasteiger partial charge in [0, 0.05) is 17.6 Å². The summed E-state index contributed by atoms with van der Waals surface area (Å²) >= 11 is 8.60. The summed E-state index contributed by atoms with van der Waals surface area (Å²) in [5, 5.41) is 8.64. The molecule has 0 aromatic carbocycles. The zero-order chi connectivity index (χ0) is 10.2. The van der Waals surface area contributed by atoms with Crippen molar-refractivity contribution in [1.29, 1.82) is 0 Å². The highest BCUT2D eigenvalue weighted by Crippen LogP contribution is 2.21. The van der Waals surface area contributed by atoms with Gasteiger partial charge in [0.2, 0.25) is 0 Å². The average molecular weight is 266 g/mol. The predicted molar refractivity (Wildman–Crippen MR) is 51.4 cm³/mol. The standard InChI is InChI=1S/C7H5BrClNO3/c1-10-4(11)2-3(8)5(6(10)9)7(12)13/h2H,1H3,(H,12,13). The number of aromatic nitrogens is 1. The van der Waals surface area contributed by atoms with Crippen LogP contribution in [-0.4, -0.2) is 15.6 Å². The van der Waals surface area contributed by atoms with Crippen molar-refractivity contribution in [3.63, 3.8) is 0 Å². The van der Waals surface area contributed by atoms with Crippen LogP contribution in [0.4, 0.5) is 0 Å². The molecule has 1 aromatic rings. The van der Waals surface area contributed by atoms with Crippen LogP contribution < -0.4 is 5.56 Å². The van der Waals surface area contributed by atoms with Crippen molar-refractivity contribution in [2.24, 2.45) is 7.05 Å². The monoisotopic (exact) mass is 265 g/mol. The molecule has 0 fully saturated rings. The number of carboxylic acid groups (broad SMARTS) is 1. The van der Waals surface area contributed by atoms with Crippen molar-refractivity contribution in [2.75, 3.05) is 0 Å². The van der Waals surface area contributed by atoms with E-state index in [1.807, 2.05) is 0 Å². The predicted octanol–water partition coefficient (Wildman–Crippen LogP) is 1.50. The smallest absolute Gasteiger partial charge is 0.339 e. The number of nitrogens with zero attached hydrogens (tertiary/aromatic N) is 1. The summed E-state index contributed by atoms with van der Waals surface area (Å²) in [7, 11) is 1.41. The molecule has 0 spiro atoms. The van der Waals surface area contributed by atoms with E-state index in [1.54, 1.807) is 0 Å². The van der Waals surface area contributed by atoms with E-state index in [4.69, 9.17) is 16.7 Å². The molecule has 0 amide bonds. The lowest BCUT2D eigenvalue weighted by molar-refractivity contribution is 0.0695. The van der Waals surface area contributed by atoms with Gasteiger partial charge in [-0.3, -0.25) is 4.79 Å². The summed E-state index contributed by atoms with van der Waals surface area (Å²) in [6, 6.07) is 1.16. The Hall–Kier alpha value is -0.810. The number of carboxylic acids is 1. The summed E-state index contributed by atoms with van der Waals surface area (Å²) in [6.07, 6.45) is 0. The van der Waals surface area contributed by atoms with E-state index in [0.29, 0.717) is 0 Å². The molecule has 4 nitrogen and oxygen atoms in total. The number of halogens is 2. The highest BCUT2D eigenvalue weighted by atomic mass is 79.9. The van der Waals surface area contributed by atoms with Crippen LogP contribution in [0.5, 0.6) is 0 Å². The molecular formula is C7H5BrClNO3. The molecule has 0 aliphatic heterocycles. The van der Waals surface area contributed by atoms with Crippen LogP contribution in [0.3, 0.4) is 0 Å². The lowest BCUT2D eigenvalue weighted by Gasteiger charge is -2.05. The Bertz CT molecular complexity index is 426. The van der Waals surface area contributed by atoms with Crippen LogP contribution in [0.2, 0.25) is 5.15 Å². The molecule has 0 aliphatic rings. The minimum absolute atomic E-state index is 0.0909. The van der Waals surface area contributed by atoms with Crippen molar-refractivity contribution in [3.05, 3.63) is 31.6 Å². The van der Waals surface area contributed by atoms with Crippen molar-refractivity contribution in [3.8, 4) is 0 Å². The largest absolute Gasteiger partial charge is 0.478 e. The van der Waals surface area contributed by atoms with Crippen LogP contribution in [0.25, 0.3) is 0 Å². The second-order valence-corrected chi connectivity index (χ2v) is 3.57. The van der Waals surface area contributed by atoms with Crippen LogP contribution in [0, 0.1) is 0 Å². The number of hydrogen-bond acceptors (Lipinski definition) is 2. The molecule has 6 heteroatoms. The maximum absolute atomic E-state index is 11.1. The zero-order valence-electron chi connectivity index (χ0n) is 6.54. The topological polar surface area (TPSA) is 59.3 Å². The molecule has 0 unspecified atom stereocenters. The fourth-order valence-electron chi connectivity index (χ4n) is 0.831. The molecule has 70 valence electrons. The Kier molecular flexibility index (Phi) is 2.77. The molecule has 0 saturated heterocycles. The highest BCUT2D eigenvalue weighted by molar-refractivity contribution is 9.10. The molecule has 0 radical (unpaired) electrons. The highest BCUT2D eigenvalue weighted by Gasteiger charge is 2.16. The molecule has 0 atom stereocenters. The zero-order valence-corrected chi connectivity index (χ0v) is 8.89. The third-order valence-electron chi connectivity index (χ3n) is 1.53. The van der Waals surface area contributed by atoms with E-state index < -0.39 is 5.97 Å². The minimum Gasteiger partial charge on any atom is -0.478 e. The molecule has 13 heavy (non-hydrogen) atoms. The third kappa shape index (κ3) is 1.76. The Morgan fingerprint density at radius 2 is 2.23 bits per heavy atom. The first-order valence-electron chi connectivity index (χ1n) is 3.23. The fourth-order valence-corrected chi connectivity index (χ4v) is 1.76. The van der Waals surface area contributed by atoms with E-state index in [2.05, 4.69) is 15.9 Å². The lowest BCUT2D eigenvalue weighted by atomic mass is 10.3. The maximum Gasteiger partial charge on any atom is 0.339 e. The van der Waals surface area contributed by atoms with Gasteiger partial charge in [0.05, 0.1) is 0 Å². The molecule has 0 aliphatic carbocycles. The number of rotatable bonds is 1. The second kappa shape index (κ2) is 3.51. The Morgan fingerprint density at radius 1 is 1.69 bits per heavy atom. The van der Waals surface area contributed by atoms with Gasteiger partial charge in [0.1, 0.15) is 10.7 Å². The minimum atomic E-state index is -1.17. The molecule has 1 heterocycles. The van der Waals surface area contributed by atoms with Crippen LogP contribution in [0.15, 0.2) is 15.3 Å². The second-order valence-electron chi connectivity index (χ2n) is 2.36. The number of hydrogen-bond donors (Lipinski definition) is 1. The van der Waals surface area contributed by atoms with E-state index in [-0.39, 0.29) is 20.7 Å². The van der Waals surface area contributed by atoms with Gasteiger partial charge in [0.25, 0.3) is 5.56 Å². The van der Waals surface area contributed by atoms with Gasteiger partial charge in [-0.2, -0.15) is 0 Å². The molecule has 1 aromatic heterocycles. The van der Waals surface area contributed by atoms with Gasteiger partial charge >= 0.3 is 5.97 Å². The Morgan fingerprint density at radius 3 is 2.69 bits per heavy atom. The first kappa shape index (κ1) is 10.3. The van der Waals surface area contributed by atoms with Gasteiger partial charge in [-0.25, -0.2) is 4.79 Å². The van der Waals surface area contributed by atoms with Crippen molar-refractivity contribution < 1.29 is 9.90 Å². The van der Waals surface area contributed by atoms with E-state index in [1.165, 1.54) is 7.05 Å². The van der Waals surface area contributed by atoms with E-state index in [9.17, 15) is 9.59 Å².